The van der Waals surface area contributed by atoms with E-state index >= 15 is 0 Å². The van der Waals surface area contributed by atoms with E-state index in [1.165, 1.54) is 25.2 Å². The summed E-state index contributed by atoms with van der Waals surface area (Å²) in [5.74, 6) is 0.916. The fraction of sp³-hybridized carbons (Fsp3) is 0. The lowest BCUT2D eigenvalue weighted by atomic mass is 10.1. The zero-order chi connectivity index (χ0) is 17.8. The summed E-state index contributed by atoms with van der Waals surface area (Å²) in [6, 6.07) is 25.6. The van der Waals surface area contributed by atoms with Crippen LogP contribution in [0.25, 0.3) is 53.0 Å². The average Bonchev–Trinajstić information content (AvgIpc) is 3.42. The maximum Gasteiger partial charge on any atom is 0.135 e. The maximum absolute atomic E-state index is 6.03. The molecule has 0 aliphatic carbocycles. The fourth-order valence-corrected chi connectivity index (χ4v) is 5.27. The van der Waals surface area contributed by atoms with Crippen molar-refractivity contribution in [2.75, 3.05) is 0 Å². The molecule has 3 aromatic carbocycles. The van der Waals surface area contributed by atoms with Crippen molar-refractivity contribution in [3.05, 3.63) is 78.3 Å². The minimum Gasteiger partial charge on any atom is -0.456 e. The molecule has 0 aliphatic rings. The Morgan fingerprint density at radius 1 is 0.741 bits per heavy atom. The van der Waals surface area contributed by atoms with Crippen LogP contribution in [0.4, 0.5) is 0 Å². The van der Waals surface area contributed by atoms with E-state index in [9.17, 15) is 0 Å². The average molecular weight is 383 g/mol. The Morgan fingerprint density at radius 3 is 2.59 bits per heavy atom. The van der Waals surface area contributed by atoms with Gasteiger partial charge in [0.2, 0.25) is 0 Å². The van der Waals surface area contributed by atoms with Crippen LogP contribution in [0.1, 0.15) is 0 Å². The van der Waals surface area contributed by atoms with Crippen LogP contribution < -0.4 is 0 Å². The van der Waals surface area contributed by atoms with Crippen molar-refractivity contribution >= 4 is 53.9 Å². The minimum atomic E-state index is 0.916. The molecule has 0 saturated heterocycles. The first-order chi connectivity index (χ1) is 13.3. The Kier molecular flexibility index (Phi) is 3.24. The van der Waals surface area contributed by atoms with Gasteiger partial charge in [-0.1, -0.05) is 36.4 Å². The van der Waals surface area contributed by atoms with Gasteiger partial charge in [0, 0.05) is 20.5 Å². The third-order valence-corrected chi connectivity index (χ3v) is 6.78. The summed E-state index contributed by atoms with van der Waals surface area (Å²) >= 11 is 3.51. The number of hydrogen-bond donors (Lipinski definition) is 0. The van der Waals surface area contributed by atoms with E-state index in [4.69, 9.17) is 4.42 Å². The first kappa shape index (κ1) is 15.1. The number of aromatic nitrogens is 1. The summed E-state index contributed by atoms with van der Waals surface area (Å²) in [5, 5.41) is 2.40. The van der Waals surface area contributed by atoms with Gasteiger partial charge in [-0.25, -0.2) is 4.98 Å². The quantitative estimate of drug-likeness (QED) is 0.308. The lowest BCUT2D eigenvalue weighted by Gasteiger charge is -1.96. The molecule has 2 nitrogen and oxygen atoms in total. The van der Waals surface area contributed by atoms with Gasteiger partial charge in [-0.3, -0.25) is 0 Å². The van der Waals surface area contributed by atoms with E-state index in [0.29, 0.717) is 0 Å². The number of nitrogens with zero attached hydrogens (tertiary/aromatic N) is 1. The molecule has 3 heterocycles. The van der Waals surface area contributed by atoms with E-state index in [2.05, 4.69) is 59.6 Å². The van der Waals surface area contributed by atoms with Crippen molar-refractivity contribution in [3.63, 3.8) is 0 Å². The zero-order valence-electron chi connectivity index (χ0n) is 14.2. The molecular formula is C23H13NOS2. The molecule has 0 bridgehead atoms. The fourth-order valence-electron chi connectivity index (χ4n) is 3.46. The van der Waals surface area contributed by atoms with E-state index in [1.54, 1.807) is 11.3 Å². The van der Waals surface area contributed by atoms with Crippen LogP contribution in [0.15, 0.2) is 82.7 Å². The van der Waals surface area contributed by atoms with Crippen molar-refractivity contribution in [1.82, 2.24) is 4.98 Å². The van der Waals surface area contributed by atoms with Gasteiger partial charge in [-0.2, -0.15) is 0 Å². The zero-order valence-corrected chi connectivity index (χ0v) is 15.8. The highest BCUT2D eigenvalue weighted by Crippen LogP contribution is 2.38. The minimum absolute atomic E-state index is 0.916. The van der Waals surface area contributed by atoms with E-state index in [1.807, 2.05) is 35.0 Å². The first-order valence-corrected chi connectivity index (χ1v) is 10.4. The molecular weight excluding hydrogens is 370 g/mol. The molecule has 6 aromatic rings. The smallest absolute Gasteiger partial charge is 0.135 e. The van der Waals surface area contributed by atoms with Crippen molar-refractivity contribution < 1.29 is 4.42 Å². The second-order valence-electron chi connectivity index (χ2n) is 6.55. The van der Waals surface area contributed by atoms with Crippen LogP contribution in [0.2, 0.25) is 0 Å². The number of fused-ring (bicyclic) bond motifs is 3. The highest BCUT2D eigenvalue weighted by atomic mass is 32.1. The van der Waals surface area contributed by atoms with Gasteiger partial charge in [0.15, 0.2) is 0 Å². The summed E-state index contributed by atoms with van der Waals surface area (Å²) in [7, 11) is 0. The first-order valence-electron chi connectivity index (χ1n) is 8.70. The molecule has 0 unspecified atom stereocenters. The lowest BCUT2D eigenvalue weighted by Crippen LogP contribution is -1.72. The molecule has 0 radical (unpaired) electrons. The number of rotatable bonds is 2. The third kappa shape index (κ3) is 2.49. The molecule has 0 spiro atoms. The van der Waals surface area contributed by atoms with Gasteiger partial charge in [-0.15, -0.1) is 22.7 Å². The molecule has 6 rings (SSSR count). The Morgan fingerprint density at radius 2 is 1.63 bits per heavy atom. The Bertz CT molecular complexity index is 1400. The van der Waals surface area contributed by atoms with Crippen LogP contribution in [0.3, 0.4) is 0 Å². The predicted octanol–water partition coefficient (Wildman–Crippen LogP) is 7.59. The van der Waals surface area contributed by atoms with Gasteiger partial charge in [0.1, 0.15) is 11.3 Å². The summed E-state index contributed by atoms with van der Waals surface area (Å²) in [6.07, 6.45) is 0. The van der Waals surface area contributed by atoms with Gasteiger partial charge in [0.25, 0.3) is 0 Å². The van der Waals surface area contributed by atoms with Gasteiger partial charge < -0.3 is 4.42 Å². The van der Waals surface area contributed by atoms with Crippen molar-refractivity contribution in [2.24, 2.45) is 0 Å². The molecule has 0 fully saturated rings. The summed E-state index contributed by atoms with van der Waals surface area (Å²) in [5.41, 5.74) is 6.26. The van der Waals surface area contributed by atoms with Gasteiger partial charge in [0.05, 0.1) is 15.7 Å². The van der Waals surface area contributed by atoms with Crippen molar-refractivity contribution in [1.29, 1.82) is 0 Å². The van der Waals surface area contributed by atoms with Crippen molar-refractivity contribution in [2.45, 2.75) is 0 Å². The predicted molar refractivity (Wildman–Crippen MR) is 116 cm³/mol. The molecule has 128 valence electrons. The Balaban J connectivity index is 1.46. The highest BCUT2D eigenvalue weighted by Gasteiger charge is 2.10. The van der Waals surface area contributed by atoms with Crippen LogP contribution in [0, 0.1) is 0 Å². The molecule has 27 heavy (non-hydrogen) atoms. The largest absolute Gasteiger partial charge is 0.456 e. The van der Waals surface area contributed by atoms with Crippen LogP contribution in [-0.2, 0) is 0 Å². The van der Waals surface area contributed by atoms with E-state index < -0.39 is 0 Å². The van der Waals surface area contributed by atoms with Crippen molar-refractivity contribution in [3.8, 4) is 21.8 Å². The molecule has 3 aromatic heterocycles. The SMILES string of the molecule is c1ccc2oc(-c3ccc4cc(-c5ccc6ncsc6c5)sc4c3)cc2c1. The summed E-state index contributed by atoms with van der Waals surface area (Å²) < 4.78 is 8.53. The monoisotopic (exact) mass is 383 g/mol. The molecule has 0 N–H and O–H groups in total. The Labute approximate surface area is 163 Å². The van der Waals surface area contributed by atoms with Crippen LogP contribution in [0.5, 0.6) is 0 Å². The molecule has 0 saturated carbocycles. The molecule has 0 atom stereocenters. The van der Waals surface area contributed by atoms with Gasteiger partial charge >= 0.3 is 0 Å². The van der Waals surface area contributed by atoms with E-state index in [0.717, 1.165) is 27.8 Å². The second kappa shape index (κ2) is 5.78. The third-order valence-electron chi connectivity index (χ3n) is 4.85. The van der Waals surface area contributed by atoms with E-state index in [-0.39, 0.29) is 0 Å². The Hall–Kier alpha value is -2.95. The topological polar surface area (TPSA) is 26.0 Å². The number of thiophene rings is 1. The standard InChI is InChI=1S/C23H13NOS2/c1-2-4-19-14(3-1)9-20(25-19)15-5-6-16-11-22(27-21(16)10-15)17-7-8-18-23(12-17)26-13-24-18/h1-13H. The normalized spacial score (nSPS) is 11.7. The second-order valence-corrected chi connectivity index (χ2v) is 8.52. The van der Waals surface area contributed by atoms with Crippen LogP contribution in [-0.4, -0.2) is 4.98 Å². The number of benzene rings is 3. The number of hydrogen-bond acceptors (Lipinski definition) is 4. The number of thiazole rings is 1. The van der Waals surface area contributed by atoms with Crippen LogP contribution >= 0.6 is 22.7 Å². The number of furan rings is 1. The highest BCUT2D eigenvalue weighted by molar-refractivity contribution is 7.22. The molecule has 0 amide bonds. The lowest BCUT2D eigenvalue weighted by molar-refractivity contribution is 0.631. The summed E-state index contributed by atoms with van der Waals surface area (Å²) in [4.78, 5) is 5.65. The molecule has 0 aliphatic heterocycles. The summed E-state index contributed by atoms with van der Waals surface area (Å²) in [6.45, 7) is 0. The number of para-hydroxylation sites is 1. The maximum atomic E-state index is 6.03. The van der Waals surface area contributed by atoms with Gasteiger partial charge in [-0.05, 0) is 47.3 Å². The molecule has 4 heteroatoms.